The molecule has 0 radical (unpaired) electrons. The minimum Gasteiger partial charge on any atom is -0.410 e. The third kappa shape index (κ3) is 2.53. The van der Waals surface area contributed by atoms with E-state index in [4.69, 9.17) is 5.73 Å². The third-order valence-corrected chi connectivity index (χ3v) is 1.76. The van der Waals surface area contributed by atoms with Crippen LogP contribution in [0.2, 0.25) is 0 Å². The molecule has 1 rings (SSSR count). The second-order valence-electron chi connectivity index (χ2n) is 2.91. The largest absolute Gasteiger partial charge is 0.410 e. The number of rotatable bonds is 3. The van der Waals surface area contributed by atoms with Crippen molar-refractivity contribution < 1.29 is 19.2 Å². The Morgan fingerprint density at radius 3 is 2.50 bits per heavy atom. The molecule has 84 valence electrons. The van der Waals surface area contributed by atoms with Crippen LogP contribution in [0.3, 0.4) is 0 Å². The molecule has 7 heteroatoms. The Bertz CT molecular complexity index is 469. The van der Waals surface area contributed by atoms with E-state index in [-0.39, 0.29) is 17.0 Å². The molecule has 0 aliphatic carbocycles. The van der Waals surface area contributed by atoms with Crippen LogP contribution in [-0.4, -0.2) is 16.8 Å². The van der Waals surface area contributed by atoms with E-state index >= 15 is 0 Å². The summed E-state index contributed by atoms with van der Waals surface area (Å²) in [5, 5.41) is 10.5. The Hall–Kier alpha value is -2.44. The van der Waals surface area contributed by atoms with E-state index in [0.717, 1.165) is 18.2 Å². The number of hydrogen-bond donors (Lipinski definition) is 1. The number of benzene rings is 1. The Kier molecular flexibility index (Phi) is 3.19. The van der Waals surface area contributed by atoms with E-state index in [1.54, 1.807) is 0 Å². The maximum Gasteiger partial charge on any atom is 0.409 e. The van der Waals surface area contributed by atoms with Crippen molar-refractivity contribution in [2.75, 3.05) is 0 Å². The molecule has 0 aromatic heterocycles. The van der Waals surface area contributed by atoms with Crippen molar-refractivity contribution in [3.63, 3.8) is 0 Å². The number of amides is 1. The predicted octanol–water partition coefficient (Wildman–Crippen LogP) is 1.25. The molecular formula is C9H8N2O5. The van der Waals surface area contributed by atoms with Gasteiger partial charge in [-0.2, -0.15) is 0 Å². The molecule has 0 aliphatic heterocycles. The zero-order valence-electron chi connectivity index (χ0n) is 8.30. The van der Waals surface area contributed by atoms with Gasteiger partial charge in [-0.25, -0.2) is 4.79 Å². The quantitative estimate of drug-likeness (QED) is 0.471. The summed E-state index contributed by atoms with van der Waals surface area (Å²) in [6, 6.07) is 3.30. The number of primary amides is 1. The van der Waals surface area contributed by atoms with Gasteiger partial charge in [-0.05, 0) is 13.0 Å². The van der Waals surface area contributed by atoms with Gasteiger partial charge < -0.3 is 10.5 Å². The fourth-order valence-electron chi connectivity index (χ4n) is 1.10. The second kappa shape index (κ2) is 4.39. The van der Waals surface area contributed by atoms with E-state index in [1.165, 1.54) is 6.92 Å². The SMILES string of the molecule is CC(=O)c1cc([N+](=O)[O-])ccc1OC(N)=O. The first-order chi connectivity index (χ1) is 7.41. The molecule has 0 fully saturated rings. The standard InChI is InChI=1S/C9H8N2O5/c1-5(12)7-4-6(11(14)15)2-3-8(7)16-9(10)13/h2-4H,1H3,(H2,10,13). The molecule has 0 aliphatic rings. The average molecular weight is 224 g/mol. The van der Waals surface area contributed by atoms with Crippen LogP contribution in [0.15, 0.2) is 18.2 Å². The first-order valence-corrected chi connectivity index (χ1v) is 4.18. The highest BCUT2D eigenvalue weighted by atomic mass is 16.6. The Morgan fingerprint density at radius 1 is 1.44 bits per heavy atom. The predicted molar refractivity (Wildman–Crippen MR) is 53.3 cm³/mol. The molecule has 0 unspecified atom stereocenters. The molecule has 0 bridgehead atoms. The minimum atomic E-state index is -1.09. The molecule has 1 aromatic carbocycles. The Balaban J connectivity index is 3.24. The number of ketones is 1. The van der Waals surface area contributed by atoms with Crippen LogP contribution in [-0.2, 0) is 0 Å². The van der Waals surface area contributed by atoms with Gasteiger partial charge in [0.05, 0.1) is 10.5 Å². The third-order valence-electron chi connectivity index (χ3n) is 1.76. The van der Waals surface area contributed by atoms with Crippen LogP contribution in [0.1, 0.15) is 17.3 Å². The number of nitrogens with two attached hydrogens (primary N) is 1. The van der Waals surface area contributed by atoms with Crippen molar-refractivity contribution >= 4 is 17.6 Å². The molecule has 0 spiro atoms. The van der Waals surface area contributed by atoms with E-state index in [0.29, 0.717) is 0 Å². The lowest BCUT2D eigenvalue weighted by Crippen LogP contribution is -2.17. The van der Waals surface area contributed by atoms with Crippen molar-refractivity contribution in [2.24, 2.45) is 5.73 Å². The lowest BCUT2D eigenvalue weighted by atomic mass is 10.1. The lowest BCUT2D eigenvalue weighted by molar-refractivity contribution is -0.384. The maximum atomic E-state index is 11.2. The zero-order valence-corrected chi connectivity index (χ0v) is 8.30. The molecule has 0 atom stereocenters. The van der Waals surface area contributed by atoms with Gasteiger partial charge in [0.2, 0.25) is 0 Å². The number of nitro groups is 1. The van der Waals surface area contributed by atoms with Gasteiger partial charge >= 0.3 is 6.09 Å². The zero-order chi connectivity index (χ0) is 12.3. The molecule has 7 nitrogen and oxygen atoms in total. The van der Waals surface area contributed by atoms with Gasteiger partial charge in [0.25, 0.3) is 5.69 Å². The van der Waals surface area contributed by atoms with Crippen molar-refractivity contribution in [1.29, 1.82) is 0 Å². The van der Waals surface area contributed by atoms with E-state index in [1.807, 2.05) is 0 Å². The van der Waals surface area contributed by atoms with Crippen LogP contribution in [0.25, 0.3) is 0 Å². The van der Waals surface area contributed by atoms with Crippen LogP contribution in [0, 0.1) is 10.1 Å². The molecule has 1 aromatic rings. The first-order valence-electron chi connectivity index (χ1n) is 4.18. The summed E-state index contributed by atoms with van der Waals surface area (Å²) in [5.41, 5.74) is 4.46. The number of nitrogens with zero attached hydrogens (tertiary/aromatic N) is 1. The molecule has 0 heterocycles. The van der Waals surface area contributed by atoms with Crippen molar-refractivity contribution in [3.05, 3.63) is 33.9 Å². The van der Waals surface area contributed by atoms with E-state index in [9.17, 15) is 19.7 Å². The van der Waals surface area contributed by atoms with Gasteiger partial charge in [-0.15, -0.1) is 0 Å². The van der Waals surface area contributed by atoms with Crippen LogP contribution >= 0.6 is 0 Å². The molecule has 1 amide bonds. The average Bonchev–Trinajstić information content (AvgIpc) is 2.16. The highest BCUT2D eigenvalue weighted by Crippen LogP contribution is 2.24. The monoisotopic (exact) mass is 224 g/mol. The van der Waals surface area contributed by atoms with Crippen molar-refractivity contribution in [3.8, 4) is 5.75 Å². The van der Waals surface area contributed by atoms with Crippen molar-refractivity contribution in [1.82, 2.24) is 0 Å². The fourth-order valence-corrected chi connectivity index (χ4v) is 1.10. The fraction of sp³-hybridized carbons (Fsp3) is 0.111. The number of Topliss-reactive ketones (excluding diaryl/α,β-unsaturated/α-hetero) is 1. The highest BCUT2D eigenvalue weighted by molar-refractivity contribution is 5.98. The number of hydrogen-bond acceptors (Lipinski definition) is 5. The number of ether oxygens (including phenoxy) is 1. The van der Waals surface area contributed by atoms with Crippen LogP contribution in [0.5, 0.6) is 5.75 Å². The lowest BCUT2D eigenvalue weighted by Gasteiger charge is -2.05. The molecular weight excluding hydrogens is 216 g/mol. The van der Waals surface area contributed by atoms with Crippen LogP contribution < -0.4 is 10.5 Å². The highest BCUT2D eigenvalue weighted by Gasteiger charge is 2.16. The Morgan fingerprint density at radius 2 is 2.06 bits per heavy atom. The summed E-state index contributed by atoms with van der Waals surface area (Å²) in [6.45, 7) is 1.20. The summed E-state index contributed by atoms with van der Waals surface area (Å²) < 4.78 is 4.54. The van der Waals surface area contributed by atoms with Gasteiger partial charge in [0.15, 0.2) is 5.78 Å². The maximum absolute atomic E-state index is 11.2. The number of non-ortho nitro benzene ring substituents is 1. The Labute approximate surface area is 90.0 Å². The van der Waals surface area contributed by atoms with Crippen LogP contribution in [0.4, 0.5) is 10.5 Å². The number of carbonyl (C=O) groups excluding carboxylic acids is 2. The molecule has 0 saturated carbocycles. The molecule has 2 N–H and O–H groups in total. The molecule has 16 heavy (non-hydrogen) atoms. The topological polar surface area (TPSA) is 113 Å². The first kappa shape index (κ1) is 11.6. The van der Waals surface area contributed by atoms with E-state index in [2.05, 4.69) is 4.74 Å². The molecule has 0 saturated heterocycles. The van der Waals surface area contributed by atoms with Gasteiger partial charge in [-0.3, -0.25) is 14.9 Å². The minimum absolute atomic E-state index is 0.0620. The second-order valence-corrected chi connectivity index (χ2v) is 2.91. The van der Waals surface area contributed by atoms with Crippen molar-refractivity contribution in [2.45, 2.75) is 6.92 Å². The summed E-state index contributed by atoms with van der Waals surface area (Å²) in [7, 11) is 0. The normalized spacial score (nSPS) is 9.56. The summed E-state index contributed by atoms with van der Waals surface area (Å²) in [6.07, 6.45) is -1.09. The summed E-state index contributed by atoms with van der Waals surface area (Å²) in [4.78, 5) is 31.5. The smallest absolute Gasteiger partial charge is 0.409 e. The summed E-state index contributed by atoms with van der Waals surface area (Å²) >= 11 is 0. The van der Waals surface area contributed by atoms with Gasteiger partial charge in [0, 0.05) is 12.1 Å². The number of carbonyl (C=O) groups is 2. The van der Waals surface area contributed by atoms with E-state index < -0.39 is 16.8 Å². The van der Waals surface area contributed by atoms with Gasteiger partial charge in [-0.1, -0.05) is 0 Å². The number of nitro benzene ring substituents is 1. The van der Waals surface area contributed by atoms with Gasteiger partial charge in [0.1, 0.15) is 5.75 Å². The summed E-state index contributed by atoms with van der Waals surface area (Å²) in [5.74, 6) is -0.550.